The molecule has 0 spiro atoms. The maximum absolute atomic E-state index is 11.5. The molecule has 0 saturated carbocycles. The maximum Gasteiger partial charge on any atom is 0.163 e. The highest BCUT2D eigenvalue weighted by molar-refractivity contribution is 7.16. The van der Waals surface area contributed by atoms with E-state index in [1.54, 1.807) is 25.3 Å². The zero-order valence-corrected chi connectivity index (χ0v) is 12.2. The van der Waals surface area contributed by atoms with E-state index in [1.807, 2.05) is 12.1 Å². The van der Waals surface area contributed by atoms with Gasteiger partial charge in [0.2, 0.25) is 0 Å². The number of halogens is 1. The van der Waals surface area contributed by atoms with Crippen LogP contribution in [0.2, 0.25) is 4.34 Å². The van der Waals surface area contributed by atoms with Crippen LogP contribution in [0.25, 0.3) is 0 Å². The molecule has 2 rings (SSSR count). The maximum atomic E-state index is 11.5. The van der Waals surface area contributed by atoms with Crippen LogP contribution in [0.4, 0.5) is 0 Å². The van der Waals surface area contributed by atoms with Crippen molar-refractivity contribution in [3.05, 3.63) is 45.1 Å². The lowest BCUT2D eigenvalue weighted by Crippen LogP contribution is -2.01. The number of methoxy groups -OCH3 is 1. The Morgan fingerprint density at radius 1 is 1.32 bits per heavy atom. The number of carbonyl (C=O) groups is 1. The summed E-state index contributed by atoms with van der Waals surface area (Å²) in [5.74, 6) is 1.14. The second-order valence-electron chi connectivity index (χ2n) is 3.91. The van der Waals surface area contributed by atoms with Crippen LogP contribution in [0.3, 0.4) is 0 Å². The van der Waals surface area contributed by atoms with E-state index in [2.05, 4.69) is 0 Å². The van der Waals surface area contributed by atoms with Gasteiger partial charge < -0.3 is 9.47 Å². The van der Waals surface area contributed by atoms with Gasteiger partial charge in [0.25, 0.3) is 0 Å². The molecule has 0 aliphatic carbocycles. The lowest BCUT2D eigenvalue weighted by Gasteiger charge is -2.10. The molecule has 100 valence electrons. The standard InChI is InChI=1S/C14H13ClO3S/c1-9(16)12-5-3-10(17-2)7-13(12)18-8-11-4-6-14(15)19-11/h3-7H,8H2,1-2H3. The molecule has 1 aromatic heterocycles. The predicted octanol–water partition coefficient (Wildman–Crippen LogP) is 4.19. The Morgan fingerprint density at radius 2 is 2.11 bits per heavy atom. The topological polar surface area (TPSA) is 35.5 Å². The van der Waals surface area contributed by atoms with E-state index < -0.39 is 0 Å². The largest absolute Gasteiger partial charge is 0.497 e. The zero-order chi connectivity index (χ0) is 13.8. The van der Waals surface area contributed by atoms with Crippen LogP contribution in [-0.2, 0) is 6.61 Å². The summed E-state index contributed by atoms with van der Waals surface area (Å²) < 4.78 is 11.5. The molecule has 3 nitrogen and oxygen atoms in total. The molecule has 0 aliphatic rings. The monoisotopic (exact) mass is 296 g/mol. The van der Waals surface area contributed by atoms with Gasteiger partial charge >= 0.3 is 0 Å². The molecule has 19 heavy (non-hydrogen) atoms. The molecule has 0 atom stereocenters. The van der Waals surface area contributed by atoms with Crippen LogP contribution in [0.15, 0.2) is 30.3 Å². The molecule has 0 amide bonds. The van der Waals surface area contributed by atoms with Crippen molar-refractivity contribution in [1.82, 2.24) is 0 Å². The summed E-state index contributed by atoms with van der Waals surface area (Å²) in [4.78, 5) is 12.5. The van der Waals surface area contributed by atoms with Crippen molar-refractivity contribution in [2.75, 3.05) is 7.11 Å². The molecule has 1 heterocycles. The molecule has 1 aromatic carbocycles. The Hall–Kier alpha value is -1.52. The molecule has 0 radical (unpaired) electrons. The summed E-state index contributed by atoms with van der Waals surface area (Å²) >= 11 is 7.32. The molecular weight excluding hydrogens is 284 g/mol. The summed E-state index contributed by atoms with van der Waals surface area (Å²) in [6.45, 7) is 1.89. The number of hydrogen-bond acceptors (Lipinski definition) is 4. The average Bonchev–Trinajstić information content (AvgIpc) is 2.81. The van der Waals surface area contributed by atoms with E-state index >= 15 is 0 Å². The number of thiophene rings is 1. The summed E-state index contributed by atoms with van der Waals surface area (Å²) in [6.07, 6.45) is 0. The lowest BCUT2D eigenvalue weighted by atomic mass is 10.1. The van der Waals surface area contributed by atoms with E-state index in [4.69, 9.17) is 21.1 Å². The van der Waals surface area contributed by atoms with E-state index in [9.17, 15) is 4.79 Å². The van der Waals surface area contributed by atoms with Crippen molar-refractivity contribution in [2.24, 2.45) is 0 Å². The summed E-state index contributed by atoms with van der Waals surface area (Å²) in [5.41, 5.74) is 0.545. The fraction of sp³-hybridized carbons (Fsp3) is 0.214. The molecule has 0 bridgehead atoms. The van der Waals surface area contributed by atoms with Crippen LogP contribution in [0.1, 0.15) is 22.2 Å². The van der Waals surface area contributed by atoms with Gasteiger partial charge in [-0.2, -0.15) is 0 Å². The van der Waals surface area contributed by atoms with E-state index in [0.29, 0.717) is 23.7 Å². The highest BCUT2D eigenvalue weighted by atomic mass is 35.5. The van der Waals surface area contributed by atoms with Gasteiger partial charge in [0, 0.05) is 10.9 Å². The smallest absolute Gasteiger partial charge is 0.163 e. The minimum Gasteiger partial charge on any atom is -0.497 e. The van der Waals surface area contributed by atoms with Crippen molar-refractivity contribution in [1.29, 1.82) is 0 Å². The Kier molecular flexibility index (Phi) is 4.45. The first-order valence-corrected chi connectivity index (χ1v) is 6.85. The van der Waals surface area contributed by atoms with Gasteiger partial charge in [-0.05, 0) is 31.2 Å². The second kappa shape index (κ2) is 6.08. The summed E-state index contributed by atoms with van der Waals surface area (Å²) in [6, 6.07) is 8.89. The van der Waals surface area contributed by atoms with Crippen molar-refractivity contribution in [3.8, 4) is 11.5 Å². The molecule has 0 N–H and O–H groups in total. The predicted molar refractivity (Wildman–Crippen MR) is 76.7 cm³/mol. The van der Waals surface area contributed by atoms with Gasteiger partial charge in [-0.1, -0.05) is 11.6 Å². The summed E-state index contributed by atoms with van der Waals surface area (Å²) in [5, 5.41) is 0. The van der Waals surface area contributed by atoms with E-state index in [0.717, 1.165) is 9.21 Å². The van der Waals surface area contributed by atoms with Gasteiger partial charge in [0.15, 0.2) is 5.78 Å². The van der Waals surface area contributed by atoms with Crippen LogP contribution in [0.5, 0.6) is 11.5 Å². The third-order valence-corrected chi connectivity index (χ3v) is 3.77. The SMILES string of the molecule is COc1ccc(C(C)=O)c(OCc2ccc(Cl)s2)c1. The van der Waals surface area contributed by atoms with Crippen LogP contribution < -0.4 is 9.47 Å². The van der Waals surface area contributed by atoms with E-state index in [-0.39, 0.29) is 5.78 Å². The molecule has 0 aliphatic heterocycles. The normalized spacial score (nSPS) is 10.3. The van der Waals surface area contributed by atoms with Crippen molar-refractivity contribution >= 4 is 28.7 Å². The van der Waals surface area contributed by atoms with Gasteiger partial charge in [-0.25, -0.2) is 0 Å². The molecule has 5 heteroatoms. The number of ketones is 1. The van der Waals surface area contributed by atoms with Gasteiger partial charge in [0.1, 0.15) is 18.1 Å². The van der Waals surface area contributed by atoms with Crippen molar-refractivity contribution in [2.45, 2.75) is 13.5 Å². The minimum absolute atomic E-state index is 0.0399. The van der Waals surface area contributed by atoms with Crippen molar-refractivity contribution < 1.29 is 14.3 Å². The molecular formula is C14H13ClO3S. The molecule has 0 unspecified atom stereocenters. The first kappa shape index (κ1) is 13.9. The fourth-order valence-electron chi connectivity index (χ4n) is 1.62. The number of carbonyl (C=O) groups excluding carboxylic acids is 1. The van der Waals surface area contributed by atoms with Crippen LogP contribution in [0, 0.1) is 0 Å². The number of benzene rings is 1. The lowest BCUT2D eigenvalue weighted by molar-refractivity contribution is 0.101. The quantitative estimate of drug-likeness (QED) is 0.776. The first-order valence-electron chi connectivity index (χ1n) is 5.66. The number of Topliss-reactive ketones (excluding diaryl/α,β-unsaturated/α-hetero) is 1. The van der Waals surface area contributed by atoms with Gasteiger partial charge in [-0.3, -0.25) is 4.79 Å². The minimum atomic E-state index is -0.0399. The third kappa shape index (κ3) is 3.49. The fourth-order valence-corrected chi connectivity index (χ4v) is 2.62. The van der Waals surface area contributed by atoms with Crippen molar-refractivity contribution in [3.63, 3.8) is 0 Å². The Morgan fingerprint density at radius 3 is 2.68 bits per heavy atom. The number of hydrogen-bond donors (Lipinski definition) is 0. The summed E-state index contributed by atoms with van der Waals surface area (Å²) in [7, 11) is 1.57. The van der Waals surface area contributed by atoms with Crippen LogP contribution >= 0.6 is 22.9 Å². The van der Waals surface area contributed by atoms with E-state index in [1.165, 1.54) is 18.3 Å². The molecule has 0 saturated heterocycles. The number of rotatable bonds is 5. The Balaban J connectivity index is 2.19. The average molecular weight is 297 g/mol. The molecule has 0 fully saturated rings. The highest BCUT2D eigenvalue weighted by Gasteiger charge is 2.10. The van der Waals surface area contributed by atoms with Gasteiger partial charge in [0.05, 0.1) is 17.0 Å². The van der Waals surface area contributed by atoms with Crippen LogP contribution in [-0.4, -0.2) is 12.9 Å². The Bertz CT molecular complexity index is 592. The third-order valence-electron chi connectivity index (χ3n) is 2.57. The highest BCUT2D eigenvalue weighted by Crippen LogP contribution is 2.28. The zero-order valence-electron chi connectivity index (χ0n) is 10.6. The van der Waals surface area contributed by atoms with Gasteiger partial charge in [-0.15, -0.1) is 11.3 Å². The molecule has 2 aromatic rings. The first-order chi connectivity index (χ1) is 9.10. The Labute approximate surface area is 120 Å². The number of ether oxygens (including phenoxy) is 2. The second-order valence-corrected chi connectivity index (χ2v) is 5.71.